The molecule has 2 aromatic rings. The Morgan fingerprint density at radius 3 is 2.64 bits per heavy atom. The number of rotatable bonds is 8. The molecule has 1 aromatic carbocycles. The first-order valence-electron chi connectivity index (χ1n) is 11.4. The average molecular weight is 455 g/mol. The van der Waals surface area contributed by atoms with E-state index in [-0.39, 0.29) is 11.3 Å². The molecular formula is C25H30N2O6. The van der Waals surface area contributed by atoms with E-state index in [0.717, 1.165) is 19.6 Å². The number of ketones is 1. The summed E-state index contributed by atoms with van der Waals surface area (Å²) in [7, 11) is 0. The molecule has 0 radical (unpaired) electrons. The number of amides is 1. The summed E-state index contributed by atoms with van der Waals surface area (Å²) in [5, 5.41) is 11.1. The molecule has 2 aliphatic rings. The zero-order valence-electron chi connectivity index (χ0n) is 19.1. The number of carbonyl (C=O) groups is 2. The number of aliphatic hydroxyl groups is 1. The van der Waals surface area contributed by atoms with Gasteiger partial charge in [0.2, 0.25) is 0 Å². The van der Waals surface area contributed by atoms with E-state index in [1.54, 1.807) is 43.3 Å². The first-order chi connectivity index (χ1) is 16.0. The fourth-order valence-corrected chi connectivity index (χ4v) is 4.35. The monoisotopic (exact) mass is 454 g/mol. The van der Waals surface area contributed by atoms with E-state index in [2.05, 4.69) is 4.90 Å². The molecule has 8 heteroatoms. The second-order valence-electron chi connectivity index (χ2n) is 8.21. The summed E-state index contributed by atoms with van der Waals surface area (Å²) in [6.45, 7) is 8.45. The summed E-state index contributed by atoms with van der Waals surface area (Å²) in [6.07, 6.45) is 0.697. The lowest BCUT2D eigenvalue weighted by atomic mass is 9.99. The van der Waals surface area contributed by atoms with E-state index in [1.807, 2.05) is 6.92 Å². The summed E-state index contributed by atoms with van der Waals surface area (Å²) in [5.74, 6) is 0.137. The molecular weight excluding hydrogens is 424 g/mol. The van der Waals surface area contributed by atoms with Gasteiger partial charge in [-0.25, -0.2) is 0 Å². The van der Waals surface area contributed by atoms with Crippen LogP contribution < -0.4 is 4.74 Å². The molecule has 2 aliphatic heterocycles. The van der Waals surface area contributed by atoms with Crippen LogP contribution in [0.5, 0.6) is 5.75 Å². The van der Waals surface area contributed by atoms with Crippen LogP contribution in [0.25, 0.3) is 5.76 Å². The van der Waals surface area contributed by atoms with Crippen molar-refractivity contribution < 1.29 is 28.6 Å². The molecule has 0 bridgehead atoms. The Balaban J connectivity index is 1.65. The largest absolute Gasteiger partial charge is 0.507 e. The average Bonchev–Trinajstić information content (AvgIpc) is 3.36. The first-order valence-corrected chi connectivity index (χ1v) is 11.4. The molecule has 2 saturated heterocycles. The number of furan rings is 1. The SMILES string of the molecule is CCOc1cccc(/C(O)=C2\C(=O)C(=O)N(CCCN3CCOCC3)C2c2ccc(C)o2)c1. The van der Waals surface area contributed by atoms with Gasteiger partial charge in [0.15, 0.2) is 0 Å². The highest BCUT2D eigenvalue weighted by molar-refractivity contribution is 6.46. The van der Waals surface area contributed by atoms with Crippen LogP contribution in [0.2, 0.25) is 0 Å². The van der Waals surface area contributed by atoms with E-state index >= 15 is 0 Å². The van der Waals surface area contributed by atoms with Gasteiger partial charge in [-0.15, -0.1) is 0 Å². The molecule has 0 spiro atoms. The van der Waals surface area contributed by atoms with Gasteiger partial charge in [0.25, 0.3) is 11.7 Å². The highest BCUT2D eigenvalue weighted by Crippen LogP contribution is 2.40. The zero-order valence-corrected chi connectivity index (χ0v) is 19.1. The molecule has 0 saturated carbocycles. The van der Waals surface area contributed by atoms with Crippen LogP contribution in [0, 0.1) is 6.92 Å². The van der Waals surface area contributed by atoms with Gasteiger partial charge >= 0.3 is 0 Å². The maximum Gasteiger partial charge on any atom is 0.295 e. The van der Waals surface area contributed by atoms with Gasteiger partial charge < -0.3 is 23.9 Å². The van der Waals surface area contributed by atoms with Crippen LogP contribution >= 0.6 is 0 Å². The van der Waals surface area contributed by atoms with Crippen molar-refractivity contribution in [3.8, 4) is 5.75 Å². The Labute approximate surface area is 193 Å². The normalized spacial score (nSPS) is 21.0. The minimum absolute atomic E-state index is 0.0365. The van der Waals surface area contributed by atoms with E-state index in [0.29, 0.717) is 55.6 Å². The van der Waals surface area contributed by atoms with Crippen LogP contribution in [-0.2, 0) is 14.3 Å². The molecule has 1 aromatic heterocycles. The Morgan fingerprint density at radius 2 is 1.94 bits per heavy atom. The van der Waals surface area contributed by atoms with Crippen LogP contribution in [0.15, 0.2) is 46.4 Å². The standard InChI is InChI=1S/C25H30N2O6/c1-3-32-19-7-4-6-18(16-19)23(28)21-22(20-9-8-17(2)33-20)27(25(30)24(21)29)11-5-10-26-12-14-31-15-13-26/h4,6-9,16,22,28H,3,5,10-15H2,1-2H3/b23-21+. The third-order valence-corrected chi connectivity index (χ3v) is 5.97. The van der Waals surface area contributed by atoms with Crippen molar-refractivity contribution >= 4 is 17.4 Å². The molecule has 8 nitrogen and oxygen atoms in total. The minimum atomic E-state index is -0.779. The number of aliphatic hydroxyl groups excluding tert-OH is 1. The molecule has 1 amide bonds. The van der Waals surface area contributed by atoms with Crippen LogP contribution in [0.1, 0.15) is 36.5 Å². The first kappa shape index (κ1) is 23.1. The molecule has 1 atom stereocenters. The van der Waals surface area contributed by atoms with Gasteiger partial charge in [0, 0.05) is 31.7 Å². The lowest BCUT2D eigenvalue weighted by Crippen LogP contribution is -2.38. The van der Waals surface area contributed by atoms with Crippen molar-refractivity contribution in [3.05, 3.63) is 59.1 Å². The molecule has 33 heavy (non-hydrogen) atoms. The number of benzene rings is 1. The van der Waals surface area contributed by atoms with E-state index in [4.69, 9.17) is 13.9 Å². The highest BCUT2D eigenvalue weighted by Gasteiger charge is 2.47. The smallest absolute Gasteiger partial charge is 0.295 e. The number of morpholine rings is 1. The van der Waals surface area contributed by atoms with Gasteiger partial charge in [0.1, 0.15) is 29.1 Å². The van der Waals surface area contributed by atoms with Gasteiger partial charge in [0.05, 0.1) is 25.4 Å². The second-order valence-corrected chi connectivity index (χ2v) is 8.21. The second kappa shape index (κ2) is 10.2. The Bertz CT molecular complexity index is 1040. The van der Waals surface area contributed by atoms with Crippen molar-refractivity contribution in [2.45, 2.75) is 26.3 Å². The van der Waals surface area contributed by atoms with Crippen LogP contribution in [-0.4, -0.2) is 72.6 Å². The number of hydrogen-bond donors (Lipinski definition) is 1. The third kappa shape index (κ3) is 4.96. The number of Topliss-reactive ketones (excluding diaryl/α,β-unsaturated/α-hetero) is 1. The lowest BCUT2D eigenvalue weighted by Gasteiger charge is -2.28. The molecule has 3 heterocycles. The molecule has 176 valence electrons. The van der Waals surface area contributed by atoms with Crippen molar-refractivity contribution in [2.75, 3.05) is 46.0 Å². The molecule has 0 aliphatic carbocycles. The summed E-state index contributed by atoms with van der Waals surface area (Å²) in [5.41, 5.74) is 0.454. The Kier molecular flexibility index (Phi) is 7.15. The van der Waals surface area contributed by atoms with Crippen LogP contribution in [0.3, 0.4) is 0 Å². The number of hydrogen-bond acceptors (Lipinski definition) is 7. The maximum absolute atomic E-state index is 13.1. The lowest BCUT2D eigenvalue weighted by molar-refractivity contribution is -0.140. The minimum Gasteiger partial charge on any atom is -0.507 e. The summed E-state index contributed by atoms with van der Waals surface area (Å²) in [6, 6.07) is 9.63. The van der Waals surface area contributed by atoms with Crippen molar-refractivity contribution in [2.24, 2.45) is 0 Å². The van der Waals surface area contributed by atoms with Gasteiger partial charge in [-0.05, 0) is 44.5 Å². The predicted octanol–water partition coefficient (Wildman–Crippen LogP) is 3.13. The number of nitrogens with zero attached hydrogens (tertiary/aromatic N) is 2. The quantitative estimate of drug-likeness (QED) is 0.372. The number of likely N-dealkylation sites (tertiary alicyclic amines) is 1. The Morgan fingerprint density at radius 1 is 1.15 bits per heavy atom. The van der Waals surface area contributed by atoms with Gasteiger partial charge in [-0.3, -0.25) is 14.5 Å². The van der Waals surface area contributed by atoms with E-state index in [1.165, 1.54) is 4.90 Å². The van der Waals surface area contributed by atoms with Crippen LogP contribution in [0.4, 0.5) is 0 Å². The predicted molar refractivity (Wildman–Crippen MR) is 122 cm³/mol. The van der Waals surface area contributed by atoms with Crippen molar-refractivity contribution in [3.63, 3.8) is 0 Å². The highest BCUT2D eigenvalue weighted by atomic mass is 16.5. The molecule has 1 N–H and O–H groups in total. The molecule has 2 fully saturated rings. The van der Waals surface area contributed by atoms with E-state index in [9.17, 15) is 14.7 Å². The molecule has 1 unspecified atom stereocenters. The summed E-state index contributed by atoms with van der Waals surface area (Å²) in [4.78, 5) is 29.9. The van der Waals surface area contributed by atoms with Gasteiger partial charge in [-0.1, -0.05) is 12.1 Å². The van der Waals surface area contributed by atoms with Gasteiger partial charge in [-0.2, -0.15) is 0 Å². The van der Waals surface area contributed by atoms with E-state index < -0.39 is 17.7 Å². The third-order valence-electron chi connectivity index (χ3n) is 5.97. The fraction of sp³-hybridized carbons (Fsp3) is 0.440. The zero-order chi connectivity index (χ0) is 23.4. The summed E-state index contributed by atoms with van der Waals surface area (Å²) < 4.78 is 16.7. The number of ether oxygens (including phenoxy) is 2. The topological polar surface area (TPSA) is 92.5 Å². The Hall–Kier alpha value is -3.10. The number of aryl methyl sites for hydroxylation is 1. The van der Waals surface area contributed by atoms with Crippen molar-refractivity contribution in [1.29, 1.82) is 0 Å². The summed E-state index contributed by atoms with van der Waals surface area (Å²) >= 11 is 0. The molecule has 4 rings (SSSR count). The maximum atomic E-state index is 13.1. The number of carbonyl (C=O) groups excluding carboxylic acids is 2. The fourth-order valence-electron chi connectivity index (χ4n) is 4.35. The van der Waals surface area contributed by atoms with Crippen molar-refractivity contribution in [1.82, 2.24) is 9.80 Å².